The van der Waals surface area contributed by atoms with Gasteiger partial charge in [0.15, 0.2) is 0 Å². The lowest BCUT2D eigenvalue weighted by Crippen LogP contribution is -2.39. The van der Waals surface area contributed by atoms with Gasteiger partial charge in [0.2, 0.25) is 0 Å². The minimum Gasteiger partial charge on any atom is -0.351 e. The Bertz CT molecular complexity index is 859. The topological polar surface area (TPSA) is 53.9 Å². The number of para-hydroxylation sites is 1. The van der Waals surface area contributed by atoms with Crippen molar-refractivity contribution in [1.29, 1.82) is 0 Å². The zero-order valence-corrected chi connectivity index (χ0v) is 14.1. The van der Waals surface area contributed by atoms with E-state index in [0.29, 0.717) is 11.6 Å². The molecular weight excluding hydrogens is 300 g/mol. The summed E-state index contributed by atoms with van der Waals surface area (Å²) in [6, 6.07) is 9.95. The standard InChI is InChI=1S/C19H22N4O/c1-13-11-22(2)18(20-13)15-7-5-9-23(12-15)19(24)17-10-14-6-3-4-8-16(14)21-17/h3-4,6,8,10-11,15,21H,5,7,9,12H2,1-2H3/t15-/m1/s1. The summed E-state index contributed by atoms with van der Waals surface area (Å²) in [6.07, 6.45) is 4.15. The van der Waals surface area contributed by atoms with E-state index in [1.54, 1.807) is 0 Å². The summed E-state index contributed by atoms with van der Waals surface area (Å²) < 4.78 is 2.09. The van der Waals surface area contributed by atoms with E-state index in [0.717, 1.165) is 48.4 Å². The van der Waals surface area contributed by atoms with Gasteiger partial charge in [0.05, 0.1) is 5.69 Å². The van der Waals surface area contributed by atoms with Gasteiger partial charge in [-0.25, -0.2) is 4.98 Å². The molecule has 0 unspecified atom stereocenters. The quantitative estimate of drug-likeness (QED) is 0.787. The molecule has 1 atom stereocenters. The molecule has 1 amide bonds. The number of rotatable bonds is 2. The number of fused-ring (bicyclic) bond motifs is 1. The maximum absolute atomic E-state index is 12.9. The molecule has 3 aromatic rings. The summed E-state index contributed by atoms with van der Waals surface area (Å²) in [6.45, 7) is 3.56. The molecule has 1 fully saturated rings. The first-order valence-corrected chi connectivity index (χ1v) is 8.48. The van der Waals surface area contributed by atoms with Crippen LogP contribution in [0.4, 0.5) is 0 Å². The molecular formula is C19H22N4O. The Balaban J connectivity index is 1.57. The normalized spacial score (nSPS) is 18.2. The molecule has 2 aromatic heterocycles. The Kier molecular flexibility index (Phi) is 3.63. The van der Waals surface area contributed by atoms with Crippen LogP contribution in [0.1, 0.15) is 40.8 Å². The number of nitrogens with zero attached hydrogens (tertiary/aromatic N) is 3. The van der Waals surface area contributed by atoms with Crippen LogP contribution in [-0.2, 0) is 7.05 Å². The van der Waals surface area contributed by atoms with Gasteiger partial charge in [0.1, 0.15) is 11.5 Å². The van der Waals surface area contributed by atoms with Crippen molar-refractivity contribution in [1.82, 2.24) is 19.4 Å². The number of piperidine rings is 1. The van der Waals surface area contributed by atoms with E-state index in [-0.39, 0.29) is 5.91 Å². The molecule has 5 heteroatoms. The third-order valence-electron chi connectivity index (χ3n) is 4.87. The number of hydrogen-bond acceptors (Lipinski definition) is 2. The fourth-order valence-electron chi connectivity index (χ4n) is 3.75. The highest BCUT2D eigenvalue weighted by molar-refractivity contribution is 5.98. The average molecular weight is 322 g/mol. The van der Waals surface area contributed by atoms with Crippen LogP contribution in [0.3, 0.4) is 0 Å². The Hall–Kier alpha value is -2.56. The first-order valence-electron chi connectivity index (χ1n) is 8.48. The van der Waals surface area contributed by atoms with E-state index in [1.807, 2.05) is 55.4 Å². The fraction of sp³-hybridized carbons (Fsp3) is 0.368. The zero-order valence-electron chi connectivity index (χ0n) is 14.1. The van der Waals surface area contributed by atoms with Crippen molar-refractivity contribution in [2.75, 3.05) is 13.1 Å². The molecule has 1 aliphatic heterocycles. The van der Waals surface area contributed by atoms with Crippen LogP contribution in [-0.4, -0.2) is 38.4 Å². The molecule has 4 rings (SSSR count). The van der Waals surface area contributed by atoms with Crippen molar-refractivity contribution in [2.45, 2.75) is 25.7 Å². The van der Waals surface area contributed by atoms with Crippen LogP contribution in [0.5, 0.6) is 0 Å². The van der Waals surface area contributed by atoms with Gasteiger partial charge < -0.3 is 14.5 Å². The first kappa shape index (κ1) is 15.0. The van der Waals surface area contributed by atoms with Gasteiger partial charge in [-0.05, 0) is 31.9 Å². The fourth-order valence-corrected chi connectivity index (χ4v) is 3.75. The second-order valence-corrected chi connectivity index (χ2v) is 6.71. The number of carbonyl (C=O) groups is 1. The largest absolute Gasteiger partial charge is 0.351 e. The predicted molar refractivity (Wildman–Crippen MR) is 94.1 cm³/mol. The number of carbonyl (C=O) groups excluding carboxylic acids is 1. The van der Waals surface area contributed by atoms with Gasteiger partial charge >= 0.3 is 0 Å². The summed E-state index contributed by atoms with van der Waals surface area (Å²) in [5, 5.41) is 1.08. The minimum absolute atomic E-state index is 0.0850. The summed E-state index contributed by atoms with van der Waals surface area (Å²) in [4.78, 5) is 22.8. The molecule has 0 aliphatic carbocycles. The summed E-state index contributed by atoms with van der Waals surface area (Å²) in [5.74, 6) is 1.48. The van der Waals surface area contributed by atoms with Gasteiger partial charge in [-0.3, -0.25) is 4.79 Å². The summed E-state index contributed by atoms with van der Waals surface area (Å²) >= 11 is 0. The van der Waals surface area contributed by atoms with E-state index in [1.165, 1.54) is 0 Å². The highest BCUT2D eigenvalue weighted by Crippen LogP contribution is 2.27. The second kappa shape index (κ2) is 5.82. The third-order valence-corrected chi connectivity index (χ3v) is 4.87. The number of aromatic nitrogens is 3. The summed E-state index contributed by atoms with van der Waals surface area (Å²) in [7, 11) is 2.04. The van der Waals surface area contributed by atoms with Crippen molar-refractivity contribution in [3.8, 4) is 0 Å². The zero-order chi connectivity index (χ0) is 16.7. The Morgan fingerprint density at radius 3 is 2.92 bits per heavy atom. The lowest BCUT2D eigenvalue weighted by molar-refractivity contribution is 0.0698. The lowest BCUT2D eigenvalue weighted by Gasteiger charge is -2.32. The van der Waals surface area contributed by atoms with Gasteiger partial charge in [0, 0.05) is 43.2 Å². The number of nitrogens with one attached hydrogen (secondary N) is 1. The van der Waals surface area contributed by atoms with Crippen LogP contribution < -0.4 is 0 Å². The minimum atomic E-state index is 0.0850. The number of imidazole rings is 1. The Morgan fingerprint density at radius 2 is 2.17 bits per heavy atom. The summed E-state index contributed by atoms with van der Waals surface area (Å²) in [5.41, 5.74) is 2.72. The molecule has 0 radical (unpaired) electrons. The molecule has 1 N–H and O–H groups in total. The van der Waals surface area contributed by atoms with Crippen LogP contribution in [0.25, 0.3) is 10.9 Å². The van der Waals surface area contributed by atoms with E-state index in [4.69, 9.17) is 0 Å². The van der Waals surface area contributed by atoms with Crippen molar-refractivity contribution in [3.05, 3.63) is 53.7 Å². The number of aromatic amines is 1. The molecule has 0 spiro atoms. The molecule has 1 saturated heterocycles. The third kappa shape index (κ3) is 2.60. The molecule has 3 heterocycles. The molecule has 0 saturated carbocycles. The van der Waals surface area contributed by atoms with Gasteiger partial charge in [-0.2, -0.15) is 0 Å². The first-order chi connectivity index (χ1) is 11.6. The maximum Gasteiger partial charge on any atom is 0.270 e. The molecule has 5 nitrogen and oxygen atoms in total. The van der Waals surface area contributed by atoms with Crippen molar-refractivity contribution < 1.29 is 4.79 Å². The van der Waals surface area contributed by atoms with Crippen LogP contribution >= 0.6 is 0 Å². The van der Waals surface area contributed by atoms with E-state index < -0.39 is 0 Å². The number of benzene rings is 1. The average Bonchev–Trinajstić information content (AvgIpc) is 3.17. The van der Waals surface area contributed by atoms with Gasteiger partial charge in [-0.1, -0.05) is 18.2 Å². The molecule has 1 aliphatic rings. The Morgan fingerprint density at radius 1 is 1.33 bits per heavy atom. The van der Waals surface area contributed by atoms with E-state index >= 15 is 0 Å². The molecule has 1 aromatic carbocycles. The monoisotopic (exact) mass is 322 g/mol. The number of amides is 1. The van der Waals surface area contributed by atoms with Crippen molar-refractivity contribution >= 4 is 16.8 Å². The predicted octanol–water partition coefficient (Wildman–Crippen LogP) is 3.23. The van der Waals surface area contributed by atoms with E-state index in [9.17, 15) is 4.79 Å². The highest BCUT2D eigenvalue weighted by atomic mass is 16.2. The van der Waals surface area contributed by atoms with Crippen LogP contribution in [0.2, 0.25) is 0 Å². The SMILES string of the molecule is Cc1cn(C)c([C@@H]2CCCN(C(=O)c3cc4ccccc4[nH]3)C2)n1. The number of likely N-dealkylation sites (tertiary alicyclic amines) is 1. The molecule has 0 bridgehead atoms. The molecule has 124 valence electrons. The Labute approximate surface area is 141 Å². The van der Waals surface area contributed by atoms with Gasteiger partial charge in [0.25, 0.3) is 5.91 Å². The number of aryl methyl sites for hydroxylation is 2. The van der Waals surface area contributed by atoms with Crippen molar-refractivity contribution in [2.24, 2.45) is 7.05 Å². The van der Waals surface area contributed by atoms with Crippen LogP contribution in [0, 0.1) is 6.92 Å². The second-order valence-electron chi connectivity index (χ2n) is 6.71. The number of H-pyrrole nitrogens is 1. The van der Waals surface area contributed by atoms with E-state index in [2.05, 4.69) is 14.5 Å². The van der Waals surface area contributed by atoms with Crippen molar-refractivity contribution in [3.63, 3.8) is 0 Å². The smallest absolute Gasteiger partial charge is 0.270 e. The highest BCUT2D eigenvalue weighted by Gasteiger charge is 2.28. The molecule has 24 heavy (non-hydrogen) atoms. The lowest BCUT2D eigenvalue weighted by atomic mass is 9.97. The maximum atomic E-state index is 12.9. The van der Waals surface area contributed by atoms with Crippen LogP contribution in [0.15, 0.2) is 36.5 Å². The number of hydrogen-bond donors (Lipinski definition) is 1. The van der Waals surface area contributed by atoms with Gasteiger partial charge in [-0.15, -0.1) is 0 Å².